The Hall–Kier alpha value is -3.37. The van der Waals surface area contributed by atoms with Crippen LogP contribution in [0, 0.1) is 29.9 Å². The minimum atomic E-state index is -3.71. The fraction of sp³-hybridized carbons (Fsp3) is 0.500. The second-order valence-corrected chi connectivity index (χ2v) is 12.9. The van der Waals surface area contributed by atoms with Crippen LogP contribution in [0.5, 0.6) is 0 Å². The minimum Gasteiger partial charge on any atom is -0.390 e. The molecular formula is C32H44F2N4O5S. The SMILES string of the molecule is C#Cc1cc(C(=O)NC(Cc2cc(F)cc(F)c2)C(O)CN(CC)NS(=O)(=O)CC(C)C)cc(C(=O)N(CCC)CCC)c1. The fourth-order valence-electron chi connectivity index (χ4n) is 4.78. The van der Waals surface area contributed by atoms with Gasteiger partial charge in [-0.2, -0.15) is 0 Å². The van der Waals surface area contributed by atoms with Crippen molar-refractivity contribution in [1.29, 1.82) is 0 Å². The third-order valence-corrected chi connectivity index (χ3v) is 8.29. The van der Waals surface area contributed by atoms with Crippen LogP contribution in [0.15, 0.2) is 36.4 Å². The van der Waals surface area contributed by atoms with Crippen LogP contribution >= 0.6 is 0 Å². The van der Waals surface area contributed by atoms with Gasteiger partial charge in [0.25, 0.3) is 11.8 Å². The number of sulfonamides is 1. The summed E-state index contributed by atoms with van der Waals surface area (Å²) in [6, 6.07) is 6.15. The van der Waals surface area contributed by atoms with E-state index in [4.69, 9.17) is 6.42 Å². The number of carbonyl (C=O) groups excluding carboxylic acids is 2. The molecular weight excluding hydrogens is 590 g/mol. The van der Waals surface area contributed by atoms with Crippen molar-refractivity contribution >= 4 is 21.8 Å². The molecule has 0 radical (unpaired) electrons. The van der Waals surface area contributed by atoms with Gasteiger partial charge in [0.2, 0.25) is 10.0 Å². The molecule has 0 fully saturated rings. The molecule has 2 aromatic carbocycles. The number of nitrogens with zero attached hydrogens (tertiary/aromatic N) is 2. The highest BCUT2D eigenvalue weighted by molar-refractivity contribution is 7.89. The topological polar surface area (TPSA) is 119 Å². The molecule has 0 bridgehead atoms. The normalized spacial score (nSPS) is 13.0. The van der Waals surface area contributed by atoms with Crippen LogP contribution in [-0.4, -0.2) is 79.3 Å². The number of likely N-dealkylation sites (N-methyl/N-ethyl adjacent to an activating group) is 1. The van der Waals surface area contributed by atoms with E-state index in [2.05, 4.69) is 16.1 Å². The fourth-order valence-corrected chi connectivity index (χ4v) is 6.33. The Balaban J connectivity index is 2.42. The molecule has 0 heterocycles. The molecule has 2 amide bonds. The first-order valence-electron chi connectivity index (χ1n) is 14.8. The molecule has 3 N–H and O–H groups in total. The molecule has 2 aromatic rings. The largest absolute Gasteiger partial charge is 0.390 e. The van der Waals surface area contributed by atoms with Crippen molar-refractivity contribution < 1.29 is 31.9 Å². The summed E-state index contributed by atoms with van der Waals surface area (Å²) in [6.45, 7) is 10.1. The van der Waals surface area contributed by atoms with E-state index in [1.54, 1.807) is 25.7 Å². The third-order valence-electron chi connectivity index (χ3n) is 6.65. The zero-order valence-electron chi connectivity index (χ0n) is 26.1. The molecule has 2 rings (SSSR count). The average molecular weight is 635 g/mol. The summed E-state index contributed by atoms with van der Waals surface area (Å²) in [5.74, 6) is -0.434. The van der Waals surface area contributed by atoms with Crippen LogP contribution in [0.2, 0.25) is 0 Å². The minimum absolute atomic E-state index is 0.0596. The monoisotopic (exact) mass is 634 g/mol. The molecule has 9 nitrogen and oxygen atoms in total. The average Bonchev–Trinajstić information content (AvgIpc) is 2.94. The first-order valence-corrected chi connectivity index (χ1v) is 16.5. The Labute approximate surface area is 260 Å². The summed E-state index contributed by atoms with van der Waals surface area (Å²) in [5.41, 5.74) is 0.756. The Kier molecular flexibility index (Phi) is 14.4. The number of hydrazine groups is 1. The summed E-state index contributed by atoms with van der Waals surface area (Å²) in [6.07, 6.45) is 5.56. The molecule has 0 saturated carbocycles. The molecule has 44 heavy (non-hydrogen) atoms. The molecule has 0 spiro atoms. The molecule has 0 aliphatic rings. The standard InChI is InChI=1S/C32H44F2N4O5S/c1-7-11-37(12-8-2)32(41)26-14-23(9-3)13-25(18-26)31(40)35-29(17-24-15-27(33)19-28(34)16-24)30(39)20-38(10-4)36-44(42,43)21-22(5)6/h3,13-16,18-19,22,29-30,36,39H,7-8,10-12,17,20-21H2,1-2,4-6H3,(H,35,40). The van der Waals surface area contributed by atoms with E-state index in [-0.39, 0.29) is 53.8 Å². The number of benzene rings is 2. The molecule has 0 aliphatic carbocycles. The Morgan fingerprint density at radius 3 is 2.09 bits per heavy atom. The predicted molar refractivity (Wildman–Crippen MR) is 167 cm³/mol. The van der Waals surface area contributed by atoms with Crippen LogP contribution in [0.1, 0.15) is 79.3 Å². The van der Waals surface area contributed by atoms with Gasteiger partial charge in [-0.25, -0.2) is 22.2 Å². The number of aliphatic hydroxyl groups excluding tert-OH is 1. The van der Waals surface area contributed by atoms with Gasteiger partial charge in [-0.1, -0.05) is 40.5 Å². The summed E-state index contributed by atoms with van der Waals surface area (Å²) >= 11 is 0. The quantitative estimate of drug-likeness (QED) is 0.180. The van der Waals surface area contributed by atoms with Crippen molar-refractivity contribution in [2.45, 2.75) is 66.0 Å². The van der Waals surface area contributed by atoms with Crippen LogP contribution < -0.4 is 10.1 Å². The lowest BCUT2D eigenvalue weighted by atomic mass is 9.99. The van der Waals surface area contributed by atoms with Crippen LogP contribution in [0.4, 0.5) is 8.78 Å². The van der Waals surface area contributed by atoms with Gasteiger partial charge >= 0.3 is 0 Å². The maximum atomic E-state index is 14.0. The van der Waals surface area contributed by atoms with Gasteiger partial charge in [0, 0.05) is 48.9 Å². The van der Waals surface area contributed by atoms with Gasteiger partial charge in [0.15, 0.2) is 0 Å². The highest BCUT2D eigenvalue weighted by Gasteiger charge is 2.27. The van der Waals surface area contributed by atoms with E-state index in [1.807, 2.05) is 13.8 Å². The number of halogens is 2. The van der Waals surface area contributed by atoms with Gasteiger partial charge < -0.3 is 15.3 Å². The maximum Gasteiger partial charge on any atom is 0.253 e. The number of amides is 2. The zero-order chi connectivity index (χ0) is 33.0. The van der Waals surface area contributed by atoms with E-state index < -0.39 is 39.7 Å². The van der Waals surface area contributed by atoms with Gasteiger partial charge in [-0.15, -0.1) is 11.3 Å². The lowest BCUT2D eigenvalue weighted by Gasteiger charge is -2.30. The van der Waals surface area contributed by atoms with Crippen LogP contribution in [0.3, 0.4) is 0 Å². The van der Waals surface area contributed by atoms with Crippen molar-refractivity contribution in [3.8, 4) is 12.3 Å². The van der Waals surface area contributed by atoms with Crippen molar-refractivity contribution in [3.63, 3.8) is 0 Å². The highest BCUT2D eigenvalue weighted by atomic mass is 32.2. The molecule has 0 saturated heterocycles. The smallest absolute Gasteiger partial charge is 0.253 e. The number of hydrogen-bond acceptors (Lipinski definition) is 6. The lowest BCUT2D eigenvalue weighted by molar-refractivity contribution is 0.0634. The predicted octanol–water partition coefficient (Wildman–Crippen LogP) is 3.72. The molecule has 0 aliphatic heterocycles. The first kappa shape index (κ1) is 36.8. The number of rotatable bonds is 17. The van der Waals surface area contributed by atoms with Gasteiger partial charge in [-0.05, 0) is 61.1 Å². The Morgan fingerprint density at radius 2 is 1.57 bits per heavy atom. The van der Waals surface area contributed by atoms with Crippen molar-refractivity contribution in [3.05, 3.63) is 70.3 Å². The zero-order valence-corrected chi connectivity index (χ0v) is 26.9. The number of carbonyl (C=O) groups is 2. The summed E-state index contributed by atoms with van der Waals surface area (Å²) in [4.78, 5) is 31.0. The van der Waals surface area contributed by atoms with Gasteiger partial charge in [0.05, 0.1) is 17.9 Å². The summed E-state index contributed by atoms with van der Waals surface area (Å²) in [5, 5.41) is 15.2. The van der Waals surface area contributed by atoms with E-state index in [1.165, 1.54) is 23.2 Å². The van der Waals surface area contributed by atoms with E-state index in [9.17, 15) is 31.9 Å². The number of terminal acetylenes is 1. The summed E-state index contributed by atoms with van der Waals surface area (Å²) in [7, 11) is -3.71. The molecule has 2 atom stereocenters. The number of nitrogens with one attached hydrogen (secondary N) is 2. The second-order valence-electron chi connectivity index (χ2n) is 11.2. The first-order chi connectivity index (χ1) is 20.7. The lowest BCUT2D eigenvalue weighted by Crippen LogP contribution is -2.53. The van der Waals surface area contributed by atoms with Crippen LogP contribution in [-0.2, 0) is 16.4 Å². The third kappa shape index (κ3) is 11.6. The molecule has 242 valence electrons. The van der Waals surface area contributed by atoms with Crippen molar-refractivity contribution in [2.24, 2.45) is 5.92 Å². The number of hydrogen-bond donors (Lipinski definition) is 3. The van der Waals surface area contributed by atoms with E-state index >= 15 is 0 Å². The highest BCUT2D eigenvalue weighted by Crippen LogP contribution is 2.17. The van der Waals surface area contributed by atoms with Crippen molar-refractivity contribution in [2.75, 3.05) is 31.9 Å². The molecule has 2 unspecified atom stereocenters. The van der Waals surface area contributed by atoms with Gasteiger partial charge in [0.1, 0.15) is 11.6 Å². The maximum absolute atomic E-state index is 14.0. The van der Waals surface area contributed by atoms with Crippen molar-refractivity contribution in [1.82, 2.24) is 20.1 Å². The number of aliphatic hydroxyl groups is 1. The Bertz CT molecular complexity index is 1400. The van der Waals surface area contributed by atoms with Gasteiger partial charge in [-0.3, -0.25) is 9.59 Å². The molecule has 12 heteroatoms. The van der Waals surface area contributed by atoms with E-state index in [0.717, 1.165) is 25.0 Å². The second kappa shape index (κ2) is 17.2. The van der Waals surface area contributed by atoms with E-state index in [0.29, 0.717) is 24.7 Å². The van der Waals surface area contributed by atoms with Crippen LogP contribution in [0.25, 0.3) is 0 Å². The Morgan fingerprint density at radius 1 is 0.977 bits per heavy atom. The summed E-state index contributed by atoms with van der Waals surface area (Å²) < 4.78 is 53.1. The molecule has 0 aromatic heterocycles.